The average molecular weight is 302 g/mol. The highest BCUT2D eigenvalue weighted by Gasteiger charge is 2.28. The van der Waals surface area contributed by atoms with Crippen LogP contribution in [0.15, 0.2) is 42.5 Å². The number of para-hydroxylation sites is 1. The highest BCUT2D eigenvalue weighted by atomic mass is 35.5. The van der Waals surface area contributed by atoms with E-state index in [1.807, 2.05) is 0 Å². The number of rotatable bonds is 1. The zero-order valence-corrected chi connectivity index (χ0v) is 11.8. The van der Waals surface area contributed by atoms with Crippen molar-refractivity contribution in [1.29, 1.82) is 0 Å². The Morgan fingerprint density at radius 2 is 1.95 bits per heavy atom. The Bertz CT molecular complexity index is 742. The van der Waals surface area contributed by atoms with Crippen LogP contribution in [0.4, 0.5) is 5.69 Å². The van der Waals surface area contributed by atoms with Gasteiger partial charge < -0.3 is 10.0 Å². The van der Waals surface area contributed by atoms with Gasteiger partial charge in [-0.05, 0) is 30.3 Å². The Kier molecular flexibility index (Phi) is 3.39. The predicted octanol–water partition coefficient (Wildman–Crippen LogP) is 3.28. The molecular formula is C16H12ClNO3. The second-order valence-corrected chi connectivity index (χ2v) is 5.25. The highest BCUT2D eigenvalue weighted by Crippen LogP contribution is 2.30. The summed E-state index contributed by atoms with van der Waals surface area (Å²) in [6, 6.07) is 11.3. The van der Waals surface area contributed by atoms with Gasteiger partial charge in [-0.15, -0.1) is 0 Å². The molecule has 0 radical (unpaired) electrons. The number of carbonyl (C=O) groups is 2. The van der Waals surface area contributed by atoms with Gasteiger partial charge >= 0.3 is 0 Å². The van der Waals surface area contributed by atoms with Crippen LogP contribution in [-0.4, -0.2) is 23.3 Å². The van der Waals surface area contributed by atoms with Gasteiger partial charge in [0.2, 0.25) is 0 Å². The Balaban J connectivity index is 2.05. The van der Waals surface area contributed by atoms with Crippen molar-refractivity contribution in [2.24, 2.45) is 0 Å². The zero-order chi connectivity index (χ0) is 15.0. The first-order valence-electron chi connectivity index (χ1n) is 6.50. The molecule has 0 atom stereocenters. The number of hydrogen-bond acceptors (Lipinski definition) is 3. The molecule has 0 spiro atoms. The minimum absolute atomic E-state index is 0.0185. The van der Waals surface area contributed by atoms with Gasteiger partial charge in [0.05, 0.1) is 11.3 Å². The summed E-state index contributed by atoms with van der Waals surface area (Å²) in [5, 5.41) is 10.2. The summed E-state index contributed by atoms with van der Waals surface area (Å²) in [6.07, 6.45) is 0.268. The van der Waals surface area contributed by atoms with E-state index in [2.05, 4.69) is 0 Å². The first-order valence-corrected chi connectivity index (χ1v) is 6.88. The van der Waals surface area contributed by atoms with E-state index in [1.165, 1.54) is 23.1 Å². The minimum Gasteiger partial charge on any atom is -0.507 e. The summed E-state index contributed by atoms with van der Waals surface area (Å²) in [5.74, 6) is -0.473. The maximum atomic E-state index is 12.6. The van der Waals surface area contributed by atoms with Gasteiger partial charge in [0.1, 0.15) is 5.75 Å². The number of Topliss-reactive ketones (excluding diaryl/α,β-unsaturated/α-hetero) is 1. The van der Waals surface area contributed by atoms with Gasteiger partial charge in [-0.2, -0.15) is 0 Å². The van der Waals surface area contributed by atoms with E-state index in [4.69, 9.17) is 11.6 Å². The third-order valence-electron chi connectivity index (χ3n) is 3.49. The Hall–Kier alpha value is -2.33. The number of hydrogen-bond donors (Lipinski definition) is 1. The molecule has 106 valence electrons. The number of nitrogens with zero attached hydrogens (tertiary/aromatic N) is 1. The smallest absolute Gasteiger partial charge is 0.262 e. The zero-order valence-electron chi connectivity index (χ0n) is 11.0. The van der Waals surface area contributed by atoms with Crippen LogP contribution in [0, 0.1) is 0 Å². The maximum absolute atomic E-state index is 12.6. The first-order chi connectivity index (χ1) is 10.1. The second kappa shape index (κ2) is 5.22. The molecule has 1 aliphatic heterocycles. The molecule has 1 N–H and O–H groups in total. The minimum atomic E-state index is -0.366. The molecule has 0 fully saturated rings. The Labute approximate surface area is 126 Å². The largest absolute Gasteiger partial charge is 0.507 e. The summed E-state index contributed by atoms with van der Waals surface area (Å²) in [6.45, 7) is 0.292. The van der Waals surface area contributed by atoms with Gasteiger partial charge in [-0.25, -0.2) is 0 Å². The molecule has 1 amide bonds. The Morgan fingerprint density at radius 1 is 1.19 bits per heavy atom. The maximum Gasteiger partial charge on any atom is 0.262 e. The number of carbonyl (C=O) groups excluding carboxylic acids is 2. The number of aromatic hydroxyl groups is 1. The first kappa shape index (κ1) is 13.6. The molecule has 21 heavy (non-hydrogen) atoms. The van der Waals surface area contributed by atoms with Gasteiger partial charge in [0, 0.05) is 23.6 Å². The van der Waals surface area contributed by atoms with Crippen LogP contribution in [0.25, 0.3) is 0 Å². The van der Waals surface area contributed by atoms with E-state index in [9.17, 15) is 14.7 Å². The average Bonchev–Trinajstić information content (AvgIpc) is 2.50. The second-order valence-electron chi connectivity index (χ2n) is 4.81. The van der Waals surface area contributed by atoms with Crippen LogP contribution in [0.3, 0.4) is 0 Å². The predicted molar refractivity (Wildman–Crippen MR) is 80.2 cm³/mol. The lowest BCUT2D eigenvalue weighted by Crippen LogP contribution is -2.37. The monoisotopic (exact) mass is 301 g/mol. The van der Waals surface area contributed by atoms with Crippen LogP contribution < -0.4 is 4.90 Å². The third-order valence-corrected chi connectivity index (χ3v) is 3.73. The fourth-order valence-corrected chi connectivity index (χ4v) is 2.62. The van der Waals surface area contributed by atoms with Gasteiger partial charge in [-0.1, -0.05) is 23.7 Å². The third kappa shape index (κ3) is 2.38. The number of amides is 1. The van der Waals surface area contributed by atoms with E-state index >= 15 is 0 Å². The van der Waals surface area contributed by atoms with Crippen LogP contribution in [0.5, 0.6) is 5.75 Å². The highest BCUT2D eigenvalue weighted by molar-refractivity contribution is 6.31. The van der Waals surface area contributed by atoms with Crippen LogP contribution >= 0.6 is 11.6 Å². The van der Waals surface area contributed by atoms with Crippen LogP contribution in [-0.2, 0) is 0 Å². The van der Waals surface area contributed by atoms with E-state index in [0.29, 0.717) is 22.8 Å². The van der Waals surface area contributed by atoms with Crippen molar-refractivity contribution in [1.82, 2.24) is 0 Å². The molecule has 4 nitrogen and oxygen atoms in total. The lowest BCUT2D eigenvalue weighted by Gasteiger charge is -2.28. The number of anilines is 1. The van der Waals surface area contributed by atoms with Crippen LogP contribution in [0.2, 0.25) is 5.02 Å². The molecule has 1 heterocycles. The molecule has 0 aromatic heterocycles. The molecule has 2 aromatic carbocycles. The number of benzene rings is 2. The Morgan fingerprint density at radius 3 is 2.76 bits per heavy atom. The molecule has 0 unspecified atom stereocenters. The topological polar surface area (TPSA) is 57.6 Å². The normalized spacial score (nSPS) is 14.0. The van der Waals surface area contributed by atoms with E-state index in [1.54, 1.807) is 24.3 Å². The number of fused-ring (bicyclic) bond motifs is 1. The van der Waals surface area contributed by atoms with Crippen molar-refractivity contribution in [3.8, 4) is 5.75 Å². The summed E-state index contributed by atoms with van der Waals surface area (Å²) < 4.78 is 0. The molecule has 2 aromatic rings. The molecule has 0 saturated carbocycles. The fourth-order valence-electron chi connectivity index (χ4n) is 2.45. The van der Waals surface area contributed by atoms with Gasteiger partial charge in [0.15, 0.2) is 5.78 Å². The lowest BCUT2D eigenvalue weighted by atomic mass is 9.99. The van der Waals surface area contributed by atoms with Crippen molar-refractivity contribution >= 4 is 29.0 Å². The van der Waals surface area contributed by atoms with E-state index in [0.717, 1.165) is 0 Å². The summed E-state index contributed by atoms with van der Waals surface area (Å²) in [4.78, 5) is 26.0. The van der Waals surface area contributed by atoms with Crippen molar-refractivity contribution in [3.63, 3.8) is 0 Å². The van der Waals surface area contributed by atoms with Crippen molar-refractivity contribution in [3.05, 3.63) is 58.6 Å². The summed E-state index contributed by atoms with van der Waals surface area (Å²) in [5.41, 5.74) is 1.23. The van der Waals surface area contributed by atoms with E-state index < -0.39 is 0 Å². The molecule has 0 saturated heterocycles. The summed E-state index contributed by atoms with van der Waals surface area (Å²) in [7, 11) is 0. The van der Waals surface area contributed by atoms with E-state index in [-0.39, 0.29) is 29.4 Å². The molecular weight excluding hydrogens is 290 g/mol. The quantitative estimate of drug-likeness (QED) is 0.879. The van der Waals surface area contributed by atoms with Crippen molar-refractivity contribution in [2.45, 2.75) is 6.42 Å². The summed E-state index contributed by atoms with van der Waals surface area (Å²) >= 11 is 5.89. The molecule has 5 heteroatoms. The standard InChI is InChI=1S/C16H12ClNO3/c17-10-5-6-14(19)12(9-10)16(21)18-8-7-15(20)11-3-1-2-4-13(11)18/h1-6,9,19H,7-8H2. The van der Waals surface area contributed by atoms with Gasteiger partial charge in [0.25, 0.3) is 5.91 Å². The van der Waals surface area contributed by atoms with Crippen LogP contribution in [0.1, 0.15) is 27.1 Å². The molecule has 0 aliphatic carbocycles. The van der Waals surface area contributed by atoms with Gasteiger partial charge in [-0.3, -0.25) is 9.59 Å². The fraction of sp³-hybridized carbons (Fsp3) is 0.125. The molecule has 0 bridgehead atoms. The lowest BCUT2D eigenvalue weighted by molar-refractivity contribution is 0.0954. The number of phenols is 1. The van der Waals surface area contributed by atoms with Crippen molar-refractivity contribution in [2.75, 3.05) is 11.4 Å². The SMILES string of the molecule is O=C1CCN(C(=O)c2cc(Cl)ccc2O)c2ccccc21. The molecule has 3 rings (SSSR count). The number of phenolic OH excluding ortho intramolecular Hbond substituents is 1. The number of ketones is 1. The van der Waals surface area contributed by atoms with Crippen molar-refractivity contribution < 1.29 is 14.7 Å². The molecule has 1 aliphatic rings. The number of halogens is 1.